The number of H-pyrrole nitrogens is 1. The molecule has 0 spiro atoms. The maximum atomic E-state index is 5.36. The van der Waals surface area contributed by atoms with Crippen LogP contribution in [0.1, 0.15) is 5.69 Å². The van der Waals surface area contributed by atoms with E-state index in [0.717, 1.165) is 39.1 Å². The van der Waals surface area contributed by atoms with Gasteiger partial charge in [-0.05, 0) is 36.4 Å². The second-order valence-corrected chi connectivity index (χ2v) is 5.08. The predicted molar refractivity (Wildman–Crippen MR) is 87.0 cm³/mol. The molecule has 4 aromatic rings. The first-order chi connectivity index (χ1) is 10.8. The average Bonchev–Trinajstić information content (AvgIpc) is 3.18. The van der Waals surface area contributed by atoms with Crippen molar-refractivity contribution in [3.63, 3.8) is 0 Å². The number of fused-ring (bicyclic) bond motifs is 2. The van der Waals surface area contributed by atoms with Gasteiger partial charge in [0, 0.05) is 23.8 Å². The molecule has 0 fully saturated rings. The molecule has 0 amide bonds. The molecule has 0 atom stereocenters. The molecule has 2 aromatic heterocycles. The smallest absolute Gasteiger partial charge is 0.167 e. The number of hydrogen-bond donors (Lipinski definition) is 3. The highest BCUT2D eigenvalue weighted by Crippen LogP contribution is 2.23. The summed E-state index contributed by atoms with van der Waals surface area (Å²) in [7, 11) is 1.90. The number of benzene rings is 2. The molecule has 0 saturated carbocycles. The van der Waals surface area contributed by atoms with Crippen LogP contribution < -0.4 is 10.6 Å². The number of hydrogen-bond acceptors (Lipinski definition) is 5. The lowest BCUT2D eigenvalue weighted by molar-refractivity contribution is 0.447. The lowest BCUT2D eigenvalue weighted by Crippen LogP contribution is -2.00. The summed E-state index contributed by atoms with van der Waals surface area (Å²) >= 11 is 0. The summed E-state index contributed by atoms with van der Waals surface area (Å²) in [6.07, 6.45) is 1.69. The first-order valence-electron chi connectivity index (χ1n) is 7.06. The molecular formula is C16H15N5O. The molecule has 2 aromatic carbocycles. The monoisotopic (exact) mass is 293 g/mol. The third kappa shape index (κ3) is 2.14. The average molecular weight is 293 g/mol. The molecular weight excluding hydrogens is 278 g/mol. The van der Waals surface area contributed by atoms with Gasteiger partial charge in [0.2, 0.25) is 0 Å². The highest BCUT2D eigenvalue weighted by molar-refractivity contribution is 5.83. The molecule has 0 saturated heterocycles. The third-order valence-electron chi connectivity index (χ3n) is 3.71. The fourth-order valence-electron chi connectivity index (χ4n) is 2.50. The van der Waals surface area contributed by atoms with Gasteiger partial charge < -0.3 is 20.1 Å². The van der Waals surface area contributed by atoms with Crippen LogP contribution in [0.2, 0.25) is 0 Å². The molecule has 110 valence electrons. The van der Waals surface area contributed by atoms with Crippen molar-refractivity contribution in [1.29, 1.82) is 0 Å². The SMILES string of the molecule is CNc1ccc2onc(CNc3ccc4nc[nH]c4c3)c2c1. The van der Waals surface area contributed by atoms with Crippen LogP contribution in [0.4, 0.5) is 11.4 Å². The quantitative estimate of drug-likeness (QED) is 0.537. The second-order valence-electron chi connectivity index (χ2n) is 5.08. The maximum absolute atomic E-state index is 5.36. The van der Waals surface area contributed by atoms with Crippen molar-refractivity contribution in [2.75, 3.05) is 17.7 Å². The van der Waals surface area contributed by atoms with Crippen LogP contribution in [-0.2, 0) is 6.54 Å². The van der Waals surface area contributed by atoms with Crippen molar-refractivity contribution in [3.05, 3.63) is 48.4 Å². The van der Waals surface area contributed by atoms with Crippen molar-refractivity contribution in [2.45, 2.75) is 6.54 Å². The lowest BCUT2D eigenvalue weighted by Gasteiger charge is -2.04. The topological polar surface area (TPSA) is 78.8 Å². The number of rotatable bonds is 4. The zero-order valence-corrected chi connectivity index (χ0v) is 12.1. The van der Waals surface area contributed by atoms with Crippen LogP contribution in [0, 0.1) is 0 Å². The van der Waals surface area contributed by atoms with Crippen molar-refractivity contribution in [2.24, 2.45) is 0 Å². The van der Waals surface area contributed by atoms with Crippen molar-refractivity contribution in [3.8, 4) is 0 Å². The van der Waals surface area contributed by atoms with Crippen LogP contribution in [0.25, 0.3) is 22.0 Å². The molecule has 6 nitrogen and oxygen atoms in total. The van der Waals surface area contributed by atoms with E-state index in [9.17, 15) is 0 Å². The van der Waals surface area contributed by atoms with Gasteiger partial charge in [-0.2, -0.15) is 0 Å². The zero-order valence-electron chi connectivity index (χ0n) is 12.1. The highest BCUT2D eigenvalue weighted by Gasteiger charge is 2.09. The Hall–Kier alpha value is -3.02. The Morgan fingerprint density at radius 3 is 2.95 bits per heavy atom. The van der Waals surface area contributed by atoms with E-state index in [1.54, 1.807) is 6.33 Å². The van der Waals surface area contributed by atoms with E-state index in [-0.39, 0.29) is 0 Å². The summed E-state index contributed by atoms with van der Waals surface area (Å²) in [5, 5.41) is 11.7. The first kappa shape index (κ1) is 12.7. The lowest BCUT2D eigenvalue weighted by atomic mass is 10.2. The van der Waals surface area contributed by atoms with Crippen molar-refractivity contribution >= 4 is 33.4 Å². The van der Waals surface area contributed by atoms with Crippen molar-refractivity contribution in [1.82, 2.24) is 15.1 Å². The molecule has 0 bridgehead atoms. The normalized spacial score (nSPS) is 11.1. The standard InChI is InChI=1S/C16H15N5O/c1-17-10-3-5-16-12(6-10)15(21-22-16)8-18-11-2-4-13-14(7-11)20-9-19-13/h2-7,9,17-18H,8H2,1H3,(H,19,20). The van der Waals surface area contributed by atoms with Gasteiger partial charge in [-0.1, -0.05) is 5.16 Å². The number of aromatic amines is 1. The van der Waals surface area contributed by atoms with Gasteiger partial charge in [-0.3, -0.25) is 0 Å². The molecule has 2 heterocycles. The summed E-state index contributed by atoms with van der Waals surface area (Å²) in [6.45, 7) is 0.597. The van der Waals surface area contributed by atoms with Gasteiger partial charge in [0.05, 0.1) is 23.9 Å². The van der Waals surface area contributed by atoms with Gasteiger partial charge in [-0.25, -0.2) is 4.98 Å². The van der Waals surface area contributed by atoms with Crippen LogP contribution >= 0.6 is 0 Å². The van der Waals surface area contributed by atoms with Crippen LogP contribution in [0.15, 0.2) is 47.2 Å². The minimum Gasteiger partial charge on any atom is -0.388 e. The minimum absolute atomic E-state index is 0.597. The van der Waals surface area contributed by atoms with Crippen molar-refractivity contribution < 1.29 is 4.52 Å². The highest BCUT2D eigenvalue weighted by atomic mass is 16.5. The molecule has 0 radical (unpaired) electrons. The number of imidazole rings is 1. The fraction of sp³-hybridized carbons (Fsp3) is 0.125. The zero-order chi connectivity index (χ0) is 14.9. The van der Waals surface area contributed by atoms with Crippen LogP contribution in [0.5, 0.6) is 0 Å². The number of anilines is 2. The minimum atomic E-state index is 0.597. The van der Waals surface area contributed by atoms with E-state index in [4.69, 9.17) is 4.52 Å². The van der Waals surface area contributed by atoms with Crippen LogP contribution in [-0.4, -0.2) is 22.2 Å². The van der Waals surface area contributed by atoms with E-state index in [0.29, 0.717) is 6.54 Å². The number of aromatic nitrogens is 3. The molecule has 6 heteroatoms. The van der Waals surface area contributed by atoms with E-state index in [2.05, 4.69) is 25.8 Å². The van der Waals surface area contributed by atoms with Gasteiger partial charge in [0.15, 0.2) is 5.58 Å². The number of nitrogens with zero attached hydrogens (tertiary/aromatic N) is 2. The third-order valence-corrected chi connectivity index (χ3v) is 3.71. The van der Waals surface area contributed by atoms with Gasteiger partial charge >= 0.3 is 0 Å². The van der Waals surface area contributed by atoms with Gasteiger partial charge in [0.1, 0.15) is 5.69 Å². The Morgan fingerprint density at radius 2 is 2.05 bits per heavy atom. The largest absolute Gasteiger partial charge is 0.388 e. The molecule has 0 aliphatic heterocycles. The first-order valence-corrected chi connectivity index (χ1v) is 7.06. The summed E-state index contributed by atoms with van der Waals surface area (Å²) in [4.78, 5) is 7.32. The summed E-state index contributed by atoms with van der Waals surface area (Å²) in [5.74, 6) is 0. The summed E-state index contributed by atoms with van der Waals surface area (Å²) < 4.78 is 5.36. The molecule has 0 aliphatic carbocycles. The molecule has 4 rings (SSSR count). The van der Waals surface area contributed by atoms with Crippen LogP contribution in [0.3, 0.4) is 0 Å². The predicted octanol–water partition coefficient (Wildman–Crippen LogP) is 3.36. The molecule has 22 heavy (non-hydrogen) atoms. The second kappa shape index (κ2) is 5.07. The maximum Gasteiger partial charge on any atom is 0.167 e. The Labute approximate surface area is 126 Å². The molecule has 3 N–H and O–H groups in total. The van der Waals surface area contributed by atoms with Gasteiger partial charge in [0.25, 0.3) is 0 Å². The van der Waals surface area contributed by atoms with E-state index >= 15 is 0 Å². The Morgan fingerprint density at radius 1 is 1.14 bits per heavy atom. The Kier molecular flexibility index (Phi) is 2.93. The number of nitrogens with one attached hydrogen (secondary N) is 3. The van der Waals surface area contributed by atoms with E-state index < -0.39 is 0 Å². The molecule has 0 aliphatic rings. The van der Waals surface area contributed by atoms with E-state index in [1.807, 2.05) is 43.4 Å². The van der Waals surface area contributed by atoms with Gasteiger partial charge in [-0.15, -0.1) is 0 Å². The summed E-state index contributed by atoms with van der Waals surface area (Å²) in [6, 6.07) is 12.0. The summed E-state index contributed by atoms with van der Waals surface area (Å²) in [5.41, 5.74) is 5.69. The van der Waals surface area contributed by atoms with E-state index in [1.165, 1.54) is 0 Å². The fourth-order valence-corrected chi connectivity index (χ4v) is 2.50. The molecule has 0 unspecified atom stereocenters. The Balaban J connectivity index is 1.60. The Bertz CT molecular complexity index is 940.